The minimum absolute atomic E-state index is 0.226. The van der Waals surface area contributed by atoms with Crippen LogP contribution in [0.4, 0.5) is 0 Å². The van der Waals surface area contributed by atoms with Gasteiger partial charge in [-0.3, -0.25) is 9.69 Å². The van der Waals surface area contributed by atoms with E-state index < -0.39 is 0 Å². The molecule has 0 spiro atoms. The van der Waals surface area contributed by atoms with Crippen molar-refractivity contribution in [3.05, 3.63) is 0 Å². The van der Waals surface area contributed by atoms with Gasteiger partial charge in [-0.2, -0.15) is 0 Å². The molecule has 0 radical (unpaired) electrons. The molecule has 1 amide bonds. The van der Waals surface area contributed by atoms with Gasteiger partial charge in [-0.25, -0.2) is 0 Å². The molecule has 2 rings (SSSR count). The highest BCUT2D eigenvalue weighted by Crippen LogP contribution is 2.36. The van der Waals surface area contributed by atoms with Gasteiger partial charge < -0.3 is 5.32 Å². The van der Waals surface area contributed by atoms with Crippen LogP contribution in [0.2, 0.25) is 0 Å². The van der Waals surface area contributed by atoms with Crippen molar-refractivity contribution >= 4 is 5.91 Å². The lowest BCUT2D eigenvalue weighted by molar-refractivity contribution is -0.125. The predicted octanol–water partition coefficient (Wildman–Crippen LogP) is 2.02. The molecule has 0 aromatic rings. The molecule has 3 heteroatoms. The summed E-state index contributed by atoms with van der Waals surface area (Å²) >= 11 is 0. The van der Waals surface area contributed by atoms with Crippen molar-refractivity contribution < 1.29 is 4.79 Å². The quantitative estimate of drug-likeness (QED) is 0.795. The van der Waals surface area contributed by atoms with Crippen LogP contribution in [-0.4, -0.2) is 36.5 Å². The van der Waals surface area contributed by atoms with Crippen LogP contribution in [0, 0.1) is 11.8 Å². The van der Waals surface area contributed by atoms with Crippen molar-refractivity contribution in [2.75, 3.05) is 19.6 Å². The fourth-order valence-electron chi connectivity index (χ4n) is 2.71. The van der Waals surface area contributed by atoms with Gasteiger partial charge in [0.15, 0.2) is 0 Å². The third-order valence-corrected chi connectivity index (χ3v) is 4.33. The molecule has 1 N–H and O–H groups in total. The van der Waals surface area contributed by atoms with Crippen LogP contribution in [0.15, 0.2) is 0 Å². The summed E-state index contributed by atoms with van der Waals surface area (Å²) in [6.45, 7) is 7.52. The molecule has 98 valence electrons. The molecule has 1 heterocycles. The second kappa shape index (κ2) is 5.85. The van der Waals surface area contributed by atoms with Crippen LogP contribution in [0.3, 0.4) is 0 Å². The number of nitrogens with one attached hydrogen (secondary N) is 1. The summed E-state index contributed by atoms with van der Waals surface area (Å²) in [5.41, 5.74) is 0. The minimum Gasteiger partial charge on any atom is -0.354 e. The summed E-state index contributed by atoms with van der Waals surface area (Å²) in [6, 6.07) is 0.491. The third-order valence-electron chi connectivity index (χ3n) is 4.33. The first-order chi connectivity index (χ1) is 8.18. The molecule has 1 aliphatic heterocycles. The number of hydrogen-bond acceptors (Lipinski definition) is 2. The molecule has 2 atom stereocenters. The second-order valence-corrected chi connectivity index (χ2v) is 5.82. The smallest absolute Gasteiger partial charge is 0.223 e. The normalized spacial score (nSPS) is 25.3. The maximum atomic E-state index is 11.9. The molecule has 2 fully saturated rings. The fraction of sp³-hybridized carbons (Fsp3) is 0.929. The second-order valence-electron chi connectivity index (χ2n) is 5.82. The summed E-state index contributed by atoms with van der Waals surface area (Å²) in [7, 11) is 0. The lowest BCUT2D eigenvalue weighted by atomic mass is 10.1. The fourth-order valence-corrected chi connectivity index (χ4v) is 2.71. The van der Waals surface area contributed by atoms with Gasteiger partial charge in [0.1, 0.15) is 0 Å². The number of likely N-dealkylation sites (tertiary alicyclic amines) is 1. The molecule has 17 heavy (non-hydrogen) atoms. The van der Waals surface area contributed by atoms with E-state index in [2.05, 4.69) is 24.1 Å². The molecule has 3 nitrogen and oxygen atoms in total. The SMILES string of the molecule is CC(C(=O)NCC(C)N1CCCCC1)C1CC1. The Bertz CT molecular complexity index is 257. The Balaban J connectivity index is 1.67. The molecule has 2 aliphatic rings. The lowest BCUT2D eigenvalue weighted by Gasteiger charge is -2.32. The van der Waals surface area contributed by atoms with E-state index in [0.717, 1.165) is 6.54 Å². The Kier molecular flexibility index (Phi) is 4.43. The van der Waals surface area contributed by atoms with E-state index in [1.165, 1.54) is 45.2 Å². The molecule has 0 bridgehead atoms. The zero-order valence-electron chi connectivity index (χ0n) is 11.2. The summed E-state index contributed by atoms with van der Waals surface area (Å²) in [5, 5.41) is 3.12. The molecular weight excluding hydrogens is 212 g/mol. The first kappa shape index (κ1) is 12.9. The molecule has 0 aromatic heterocycles. The topological polar surface area (TPSA) is 32.3 Å². The Hall–Kier alpha value is -0.570. The highest BCUT2D eigenvalue weighted by Gasteiger charge is 2.32. The van der Waals surface area contributed by atoms with Gasteiger partial charge in [-0.15, -0.1) is 0 Å². The highest BCUT2D eigenvalue weighted by atomic mass is 16.1. The van der Waals surface area contributed by atoms with E-state index in [1.807, 2.05) is 0 Å². The Labute approximate surface area is 105 Å². The number of carbonyl (C=O) groups excluding carboxylic acids is 1. The Morgan fingerprint density at radius 3 is 2.47 bits per heavy atom. The van der Waals surface area contributed by atoms with Crippen molar-refractivity contribution in [2.24, 2.45) is 11.8 Å². The average molecular weight is 238 g/mol. The maximum Gasteiger partial charge on any atom is 0.223 e. The van der Waals surface area contributed by atoms with E-state index in [0.29, 0.717) is 12.0 Å². The summed E-state index contributed by atoms with van der Waals surface area (Å²) in [5.74, 6) is 1.15. The van der Waals surface area contributed by atoms with Gasteiger partial charge in [-0.1, -0.05) is 13.3 Å². The standard InChI is InChI=1S/C14H26N2O/c1-11(16-8-4-3-5-9-16)10-15-14(17)12(2)13-6-7-13/h11-13H,3-10H2,1-2H3,(H,15,17). The van der Waals surface area contributed by atoms with Crippen LogP contribution in [0.5, 0.6) is 0 Å². The van der Waals surface area contributed by atoms with Crippen LogP contribution in [-0.2, 0) is 4.79 Å². The minimum atomic E-state index is 0.226. The van der Waals surface area contributed by atoms with Crippen LogP contribution >= 0.6 is 0 Å². The largest absolute Gasteiger partial charge is 0.354 e. The highest BCUT2D eigenvalue weighted by molar-refractivity contribution is 5.78. The van der Waals surface area contributed by atoms with Gasteiger partial charge in [0.2, 0.25) is 5.91 Å². The van der Waals surface area contributed by atoms with Crippen molar-refractivity contribution in [2.45, 2.75) is 52.0 Å². The Morgan fingerprint density at radius 1 is 1.24 bits per heavy atom. The van der Waals surface area contributed by atoms with Crippen LogP contribution < -0.4 is 5.32 Å². The molecule has 0 aromatic carbocycles. The van der Waals surface area contributed by atoms with E-state index in [9.17, 15) is 4.79 Å². The van der Waals surface area contributed by atoms with Crippen molar-refractivity contribution in [3.8, 4) is 0 Å². The van der Waals surface area contributed by atoms with Gasteiger partial charge in [-0.05, 0) is 51.6 Å². The van der Waals surface area contributed by atoms with Gasteiger partial charge in [0, 0.05) is 18.5 Å². The first-order valence-electron chi connectivity index (χ1n) is 7.20. The molecule has 1 aliphatic carbocycles. The number of nitrogens with zero attached hydrogens (tertiary/aromatic N) is 1. The van der Waals surface area contributed by atoms with Crippen LogP contribution in [0.25, 0.3) is 0 Å². The van der Waals surface area contributed by atoms with Crippen molar-refractivity contribution in [1.82, 2.24) is 10.2 Å². The summed E-state index contributed by atoms with van der Waals surface area (Å²) < 4.78 is 0. The first-order valence-corrected chi connectivity index (χ1v) is 7.20. The molecule has 1 saturated carbocycles. The van der Waals surface area contributed by atoms with E-state index in [-0.39, 0.29) is 11.8 Å². The Morgan fingerprint density at radius 2 is 1.88 bits per heavy atom. The number of carbonyl (C=O) groups is 1. The average Bonchev–Trinajstić information content (AvgIpc) is 3.20. The van der Waals surface area contributed by atoms with Gasteiger partial charge in [0.25, 0.3) is 0 Å². The number of piperidine rings is 1. The predicted molar refractivity (Wildman–Crippen MR) is 69.8 cm³/mol. The summed E-state index contributed by atoms with van der Waals surface area (Å²) in [4.78, 5) is 14.4. The number of rotatable bonds is 5. The van der Waals surface area contributed by atoms with E-state index >= 15 is 0 Å². The maximum absolute atomic E-state index is 11.9. The van der Waals surface area contributed by atoms with E-state index in [4.69, 9.17) is 0 Å². The molecule has 2 unspecified atom stereocenters. The van der Waals surface area contributed by atoms with Gasteiger partial charge in [0.05, 0.1) is 0 Å². The van der Waals surface area contributed by atoms with Crippen LogP contribution in [0.1, 0.15) is 46.0 Å². The number of hydrogen-bond donors (Lipinski definition) is 1. The summed E-state index contributed by atoms with van der Waals surface area (Å²) in [6.07, 6.45) is 6.49. The number of amides is 1. The zero-order valence-corrected chi connectivity index (χ0v) is 11.2. The van der Waals surface area contributed by atoms with Gasteiger partial charge >= 0.3 is 0 Å². The monoisotopic (exact) mass is 238 g/mol. The zero-order chi connectivity index (χ0) is 12.3. The molecule has 1 saturated heterocycles. The molecular formula is C14H26N2O. The van der Waals surface area contributed by atoms with Crippen molar-refractivity contribution in [3.63, 3.8) is 0 Å². The third kappa shape index (κ3) is 3.70. The lowest BCUT2D eigenvalue weighted by Crippen LogP contribution is -2.45. The van der Waals surface area contributed by atoms with Crippen molar-refractivity contribution in [1.29, 1.82) is 0 Å². The van der Waals surface area contributed by atoms with E-state index in [1.54, 1.807) is 0 Å².